The van der Waals surface area contributed by atoms with Crippen molar-refractivity contribution in [3.05, 3.63) is 34.7 Å². The molecule has 0 saturated carbocycles. The zero-order chi connectivity index (χ0) is 11.9. The standard InChI is InChI=1S/C10H6ClF3N2/c1-5-15-8-3-2-6(10(12,13)14)4-7(8)9(11)16-5/h2-4H,1H3. The summed E-state index contributed by atoms with van der Waals surface area (Å²) >= 11 is 5.77. The van der Waals surface area contributed by atoms with Gasteiger partial charge in [0.15, 0.2) is 0 Å². The zero-order valence-electron chi connectivity index (χ0n) is 8.14. The summed E-state index contributed by atoms with van der Waals surface area (Å²) in [4.78, 5) is 7.81. The van der Waals surface area contributed by atoms with Crippen molar-refractivity contribution in [3.8, 4) is 0 Å². The lowest BCUT2D eigenvalue weighted by molar-refractivity contribution is -0.137. The molecular formula is C10H6ClF3N2. The summed E-state index contributed by atoms with van der Waals surface area (Å²) < 4.78 is 37.3. The molecule has 16 heavy (non-hydrogen) atoms. The normalized spacial score (nSPS) is 12.1. The van der Waals surface area contributed by atoms with E-state index in [-0.39, 0.29) is 10.5 Å². The molecule has 1 aromatic heterocycles. The maximum Gasteiger partial charge on any atom is 0.416 e. The van der Waals surface area contributed by atoms with Crippen molar-refractivity contribution in [1.82, 2.24) is 9.97 Å². The van der Waals surface area contributed by atoms with Crippen LogP contribution in [0.25, 0.3) is 10.9 Å². The molecule has 1 aromatic carbocycles. The zero-order valence-corrected chi connectivity index (χ0v) is 8.89. The molecule has 2 aromatic rings. The Kier molecular flexibility index (Phi) is 2.50. The number of aromatic nitrogens is 2. The van der Waals surface area contributed by atoms with Crippen LogP contribution in [0, 0.1) is 6.92 Å². The summed E-state index contributed by atoms with van der Waals surface area (Å²) in [6.07, 6.45) is -4.39. The van der Waals surface area contributed by atoms with Gasteiger partial charge in [-0.05, 0) is 25.1 Å². The van der Waals surface area contributed by atoms with E-state index in [4.69, 9.17) is 11.6 Å². The molecule has 0 aliphatic rings. The number of aryl methyl sites for hydroxylation is 1. The first-order valence-corrected chi connectivity index (χ1v) is 4.77. The van der Waals surface area contributed by atoms with Gasteiger partial charge < -0.3 is 0 Å². The molecule has 0 amide bonds. The smallest absolute Gasteiger partial charge is 0.233 e. The Morgan fingerprint density at radius 2 is 1.88 bits per heavy atom. The minimum atomic E-state index is -4.39. The number of alkyl halides is 3. The highest BCUT2D eigenvalue weighted by Crippen LogP contribution is 2.32. The molecule has 1 heterocycles. The lowest BCUT2D eigenvalue weighted by Crippen LogP contribution is -2.04. The lowest BCUT2D eigenvalue weighted by Gasteiger charge is -2.08. The number of benzene rings is 1. The largest absolute Gasteiger partial charge is 0.416 e. The lowest BCUT2D eigenvalue weighted by atomic mass is 10.1. The van der Waals surface area contributed by atoms with E-state index in [0.29, 0.717) is 11.3 Å². The summed E-state index contributed by atoms with van der Waals surface area (Å²) in [5, 5.41) is 0.246. The Morgan fingerprint density at radius 1 is 1.19 bits per heavy atom. The van der Waals surface area contributed by atoms with Gasteiger partial charge in [-0.3, -0.25) is 0 Å². The second-order valence-electron chi connectivity index (χ2n) is 3.29. The van der Waals surface area contributed by atoms with Crippen LogP contribution in [0.5, 0.6) is 0 Å². The fraction of sp³-hybridized carbons (Fsp3) is 0.200. The van der Waals surface area contributed by atoms with E-state index in [9.17, 15) is 13.2 Å². The monoisotopic (exact) mass is 246 g/mol. The van der Waals surface area contributed by atoms with Gasteiger partial charge in [0.05, 0.1) is 11.1 Å². The Morgan fingerprint density at radius 3 is 2.50 bits per heavy atom. The number of hydrogen-bond acceptors (Lipinski definition) is 2. The van der Waals surface area contributed by atoms with Gasteiger partial charge in [-0.15, -0.1) is 0 Å². The van der Waals surface area contributed by atoms with E-state index in [2.05, 4.69) is 9.97 Å². The first-order valence-electron chi connectivity index (χ1n) is 4.39. The van der Waals surface area contributed by atoms with E-state index in [0.717, 1.165) is 12.1 Å². The van der Waals surface area contributed by atoms with Gasteiger partial charge in [0.2, 0.25) is 0 Å². The molecule has 0 spiro atoms. The highest BCUT2D eigenvalue weighted by molar-refractivity contribution is 6.34. The van der Waals surface area contributed by atoms with Crippen molar-refractivity contribution >= 4 is 22.5 Å². The molecule has 0 fully saturated rings. The van der Waals surface area contributed by atoms with E-state index < -0.39 is 11.7 Å². The third kappa shape index (κ3) is 1.95. The first-order chi connectivity index (χ1) is 7.38. The second-order valence-corrected chi connectivity index (χ2v) is 3.65. The van der Waals surface area contributed by atoms with Crippen LogP contribution in [0.4, 0.5) is 13.2 Å². The highest BCUT2D eigenvalue weighted by Gasteiger charge is 2.30. The predicted octanol–water partition coefficient (Wildman–Crippen LogP) is 3.61. The van der Waals surface area contributed by atoms with Crippen molar-refractivity contribution in [2.24, 2.45) is 0 Å². The summed E-state index contributed by atoms with van der Waals surface area (Å²) in [5.74, 6) is 0.428. The number of hydrogen-bond donors (Lipinski definition) is 0. The van der Waals surface area contributed by atoms with E-state index in [1.807, 2.05) is 0 Å². The third-order valence-corrected chi connectivity index (χ3v) is 2.38. The highest BCUT2D eigenvalue weighted by atomic mass is 35.5. The molecule has 0 atom stereocenters. The molecule has 0 N–H and O–H groups in total. The number of nitrogens with zero attached hydrogens (tertiary/aromatic N) is 2. The summed E-state index contributed by atoms with van der Waals surface area (Å²) in [5.41, 5.74) is -0.347. The van der Waals surface area contributed by atoms with Crippen LogP contribution >= 0.6 is 11.6 Å². The van der Waals surface area contributed by atoms with Crippen LogP contribution in [0.15, 0.2) is 18.2 Å². The molecule has 2 nitrogen and oxygen atoms in total. The number of fused-ring (bicyclic) bond motifs is 1. The Labute approximate surface area is 94.1 Å². The predicted molar refractivity (Wildman–Crippen MR) is 54.3 cm³/mol. The second kappa shape index (κ2) is 3.59. The van der Waals surface area contributed by atoms with Crippen molar-refractivity contribution in [1.29, 1.82) is 0 Å². The van der Waals surface area contributed by atoms with E-state index >= 15 is 0 Å². The van der Waals surface area contributed by atoms with Gasteiger partial charge in [-0.25, -0.2) is 9.97 Å². The fourth-order valence-corrected chi connectivity index (χ4v) is 1.65. The summed E-state index contributed by atoms with van der Waals surface area (Å²) in [6, 6.07) is 3.22. The van der Waals surface area contributed by atoms with Gasteiger partial charge in [0.1, 0.15) is 11.0 Å². The van der Waals surface area contributed by atoms with Crippen LogP contribution in [0.2, 0.25) is 5.15 Å². The maximum atomic E-state index is 12.4. The Hall–Kier alpha value is -1.36. The van der Waals surface area contributed by atoms with Crippen molar-refractivity contribution in [2.75, 3.05) is 0 Å². The van der Waals surface area contributed by atoms with Crippen molar-refractivity contribution < 1.29 is 13.2 Å². The average molecular weight is 247 g/mol. The van der Waals surface area contributed by atoms with Gasteiger partial charge in [0.25, 0.3) is 0 Å². The van der Waals surface area contributed by atoms with Gasteiger partial charge >= 0.3 is 6.18 Å². The molecule has 0 bridgehead atoms. The molecule has 6 heteroatoms. The van der Waals surface area contributed by atoms with Crippen LogP contribution in [0.3, 0.4) is 0 Å². The van der Waals surface area contributed by atoms with E-state index in [1.54, 1.807) is 6.92 Å². The molecular weight excluding hydrogens is 241 g/mol. The van der Waals surface area contributed by atoms with E-state index in [1.165, 1.54) is 6.07 Å². The van der Waals surface area contributed by atoms with Crippen LogP contribution < -0.4 is 0 Å². The fourth-order valence-electron chi connectivity index (χ4n) is 1.38. The Bertz CT molecular complexity index is 551. The molecule has 2 rings (SSSR count). The van der Waals surface area contributed by atoms with Crippen molar-refractivity contribution in [2.45, 2.75) is 13.1 Å². The number of halogens is 4. The quantitative estimate of drug-likeness (QED) is 0.664. The Balaban J connectivity index is 2.72. The van der Waals surface area contributed by atoms with Crippen LogP contribution in [0.1, 0.15) is 11.4 Å². The molecule has 0 saturated heterocycles. The maximum absolute atomic E-state index is 12.4. The topological polar surface area (TPSA) is 25.8 Å². The molecule has 84 valence electrons. The third-order valence-electron chi connectivity index (χ3n) is 2.09. The molecule has 0 aliphatic carbocycles. The molecule has 0 aliphatic heterocycles. The molecule has 0 unspecified atom stereocenters. The molecule has 0 radical (unpaired) electrons. The van der Waals surface area contributed by atoms with Gasteiger partial charge in [0, 0.05) is 5.39 Å². The number of rotatable bonds is 0. The van der Waals surface area contributed by atoms with Gasteiger partial charge in [-0.1, -0.05) is 11.6 Å². The van der Waals surface area contributed by atoms with Gasteiger partial charge in [-0.2, -0.15) is 13.2 Å². The summed E-state index contributed by atoms with van der Waals surface area (Å²) in [7, 11) is 0. The SMILES string of the molecule is Cc1nc(Cl)c2cc(C(F)(F)F)ccc2n1. The van der Waals surface area contributed by atoms with Crippen LogP contribution in [-0.4, -0.2) is 9.97 Å². The minimum absolute atomic E-state index is 0.0357. The minimum Gasteiger partial charge on any atom is -0.233 e. The average Bonchev–Trinajstić information content (AvgIpc) is 2.15. The van der Waals surface area contributed by atoms with Crippen LogP contribution in [-0.2, 0) is 6.18 Å². The first kappa shape index (κ1) is 11.1. The van der Waals surface area contributed by atoms with Crippen molar-refractivity contribution in [3.63, 3.8) is 0 Å². The summed E-state index contributed by atoms with van der Waals surface area (Å²) in [6.45, 7) is 1.63.